The van der Waals surface area contributed by atoms with Crippen LogP contribution in [0.3, 0.4) is 0 Å². The SMILES string of the molecule is CC=CC[N+](O)(O)CC. The number of hydroxylamine groups is 4. The van der Waals surface area contributed by atoms with E-state index >= 15 is 0 Å². The molecule has 2 N–H and O–H groups in total. The largest absolute Gasteiger partial charge is 0.182 e. The molecule has 54 valence electrons. The van der Waals surface area contributed by atoms with Gasteiger partial charge in [-0.15, -0.1) is 0 Å². The van der Waals surface area contributed by atoms with Gasteiger partial charge in [-0.25, -0.2) is 0 Å². The molecule has 0 radical (unpaired) electrons. The summed E-state index contributed by atoms with van der Waals surface area (Å²) in [4.78, 5) is -0.912. The van der Waals surface area contributed by atoms with Gasteiger partial charge >= 0.3 is 0 Å². The van der Waals surface area contributed by atoms with E-state index in [1.807, 2.05) is 6.92 Å². The molecule has 3 heteroatoms. The van der Waals surface area contributed by atoms with Crippen LogP contribution in [0.2, 0.25) is 0 Å². The van der Waals surface area contributed by atoms with Crippen LogP contribution < -0.4 is 0 Å². The van der Waals surface area contributed by atoms with E-state index in [-0.39, 0.29) is 6.54 Å². The third-order valence-electron chi connectivity index (χ3n) is 1.14. The molecule has 0 aliphatic carbocycles. The lowest BCUT2D eigenvalue weighted by Gasteiger charge is -2.16. The molecule has 0 atom stereocenters. The Bertz CT molecular complexity index is 99.2. The van der Waals surface area contributed by atoms with Crippen molar-refractivity contribution >= 4 is 0 Å². The van der Waals surface area contributed by atoms with E-state index in [9.17, 15) is 0 Å². The highest BCUT2D eigenvalue weighted by molar-refractivity contribution is 4.75. The molecule has 0 amide bonds. The molecule has 0 aliphatic heterocycles. The molecule has 0 spiro atoms. The fourth-order valence-electron chi connectivity index (χ4n) is 0.403. The lowest BCUT2D eigenvalue weighted by molar-refractivity contribution is -1.24. The third kappa shape index (κ3) is 4.14. The van der Waals surface area contributed by atoms with Gasteiger partial charge in [0.25, 0.3) is 0 Å². The molecule has 0 aromatic heterocycles. The quantitative estimate of drug-likeness (QED) is 0.344. The summed E-state index contributed by atoms with van der Waals surface area (Å²) in [5.74, 6) is 0. The molecule has 0 saturated heterocycles. The molecule has 0 saturated carbocycles. The van der Waals surface area contributed by atoms with Crippen LogP contribution in [0.5, 0.6) is 0 Å². The monoisotopic (exact) mass is 132 g/mol. The van der Waals surface area contributed by atoms with Crippen LogP contribution >= 0.6 is 0 Å². The van der Waals surface area contributed by atoms with Crippen LogP contribution in [-0.4, -0.2) is 28.3 Å². The second-order valence-electron chi connectivity index (χ2n) is 1.95. The maximum atomic E-state index is 8.90. The summed E-state index contributed by atoms with van der Waals surface area (Å²) in [7, 11) is 0. The van der Waals surface area contributed by atoms with Crippen LogP contribution in [0.4, 0.5) is 0 Å². The van der Waals surface area contributed by atoms with Gasteiger partial charge in [0.1, 0.15) is 6.54 Å². The highest BCUT2D eigenvalue weighted by Gasteiger charge is 2.15. The first kappa shape index (κ1) is 8.62. The van der Waals surface area contributed by atoms with Crippen LogP contribution in [0.15, 0.2) is 12.2 Å². The topological polar surface area (TPSA) is 40.5 Å². The maximum Gasteiger partial charge on any atom is 0.160 e. The van der Waals surface area contributed by atoms with Crippen molar-refractivity contribution in [1.29, 1.82) is 0 Å². The van der Waals surface area contributed by atoms with Gasteiger partial charge in [-0.2, -0.15) is 10.4 Å². The molecule has 0 unspecified atom stereocenters. The Kier molecular flexibility index (Phi) is 3.46. The second kappa shape index (κ2) is 3.61. The number of allylic oxidation sites excluding steroid dienone is 1. The lowest BCUT2D eigenvalue weighted by Crippen LogP contribution is -2.40. The smallest absolute Gasteiger partial charge is 0.160 e. The zero-order valence-corrected chi connectivity index (χ0v) is 5.91. The number of hydrogen-bond donors (Lipinski definition) is 2. The van der Waals surface area contributed by atoms with Gasteiger partial charge in [0, 0.05) is 0 Å². The summed E-state index contributed by atoms with van der Waals surface area (Å²) in [6.07, 6.45) is 3.50. The van der Waals surface area contributed by atoms with Gasteiger partial charge < -0.3 is 0 Å². The third-order valence-corrected chi connectivity index (χ3v) is 1.14. The average molecular weight is 132 g/mol. The summed E-state index contributed by atoms with van der Waals surface area (Å²) in [6, 6.07) is 0. The number of likely N-dealkylation sites (N-methyl/N-ethyl adjacent to an activating group) is 1. The van der Waals surface area contributed by atoms with Crippen LogP contribution in [0.1, 0.15) is 13.8 Å². The number of nitrogens with zero attached hydrogens (tertiary/aromatic N) is 1. The molecular formula is C6H14NO2+. The van der Waals surface area contributed by atoms with E-state index in [0.29, 0.717) is 6.54 Å². The highest BCUT2D eigenvalue weighted by atomic mass is 16.8. The summed E-state index contributed by atoms with van der Waals surface area (Å²) in [5, 5.41) is 17.8. The Morgan fingerprint density at radius 1 is 1.44 bits per heavy atom. The summed E-state index contributed by atoms with van der Waals surface area (Å²) in [5.41, 5.74) is 0. The number of hydrogen-bond acceptors (Lipinski definition) is 2. The predicted octanol–water partition coefficient (Wildman–Crippen LogP) is 1.18. The Morgan fingerprint density at radius 2 is 2.00 bits per heavy atom. The predicted molar refractivity (Wildman–Crippen MR) is 34.1 cm³/mol. The fraction of sp³-hybridized carbons (Fsp3) is 0.667. The summed E-state index contributed by atoms with van der Waals surface area (Å²) >= 11 is 0. The van der Waals surface area contributed by atoms with E-state index < -0.39 is 4.81 Å². The van der Waals surface area contributed by atoms with Crippen molar-refractivity contribution < 1.29 is 15.2 Å². The van der Waals surface area contributed by atoms with Crippen molar-refractivity contribution in [1.82, 2.24) is 0 Å². The summed E-state index contributed by atoms with van der Waals surface area (Å²) in [6.45, 7) is 4.12. The van der Waals surface area contributed by atoms with Gasteiger partial charge in [0.15, 0.2) is 6.54 Å². The van der Waals surface area contributed by atoms with Crippen molar-refractivity contribution in [2.45, 2.75) is 13.8 Å². The molecule has 0 aromatic carbocycles. The van der Waals surface area contributed by atoms with Gasteiger partial charge in [-0.3, -0.25) is 0 Å². The molecule has 0 heterocycles. The zero-order chi connectivity index (χ0) is 7.33. The molecule has 0 aromatic rings. The normalized spacial score (nSPS) is 12.9. The van der Waals surface area contributed by atoms with Crippen LogP contribution in [0.25, 0.3) is 0 Å². The van der Waals surface area contributed by atoms with Crippen LogP contribution in [0, 0.1) is 0 Å². The second-order valence-corrected chi connectivity index (χ2v) is 1.95. The van der Waals surface area contributed by atoms with Crippen molar-refractivity contribution in [3.05, 3.63) is 12.2 Å². The molecule has 0 fully saturated rings. The first-order valence-corrected chi connectivity index (χ1v) is 3.06. The van der Waals surface area contributed by atoms with E-state index in [0.717, 1.165) is 0 Å². The molecule has 9 heavy (non-hydrogen) atoms. The lowest BCUT2D eigenvalue weighted by atomic mass is 10.5. The molecule has 0 aliphatic rings. The fourth-order valence-corrected chi connectivity index (χ4v) is 0.403. The van der Waals surface area contributed by atoms with Crippen molar-refractivity contribution in [2.24, 2.45) is 0 Å². The molecule has 0 bridgehead atoms. The minimum Gasteiger partial charge on any atom is -0.182 e. The Balaban J connectivity index is 3.58. The molecular weight excluding hydrogens is 118 g/mol. The Labute approximate surface area is 55.3 Å². The van der Waals surface area contributed by atoms with Gasteiger partial charge in [0.2, 0.25) is 0 Å². The van der Waals surface area contributed by atoms with Gasteiger partial charge in [-0.1, -0.05) is 6.08 Å². The van der Waals surface area contributed by atoms with Crippen molar-refractivity contribution in [2.75, 3.05) is 13.1 Å². The molecule has 0 rings (SSSR count). The minimum atomic E-state index is -0.912. The standard InChI is InChI=1S/C6H14NO2/c1-3-5-6-7(8,9)4-2/h3,5,8-9H,4,6H2,1-2H3/q+1. The molecule has 3 nitrogen and oxygen atoms in total. The van der Waals surface area contributed by atoms with E-state index in [4.69, 9.17) is 10.4 Å². The van der Waals surface area contributed by atoms with Crippen molar-refractivity contribution in [3.63, 3.8) is 0 Å². The Hall–Kier alpha value is -0.380. The van der Waals surface area contributed by atoms with Gasteiger partial charge in [0.05, 0.1) is 0 Å². The Morgan fingerprint density at radius 3 is 2.33 bits per heavy atom. The first-order valence-electron chi connectivity index (χ1n) is 3.06. The average Bonchev–Trinajstić information content (AvgIpc) is 1.84. The van der Waals surface area contributed by atoms with Gasteiger partial charge in [-0.05, 0) is 24.7 Å². The highest BCUT2D eigenvalue weighted by Crippen LogP contribution is 1.93. The maximum absolute atomic E-state index is 8.90. The number of rotatable bonds is 3. The van der Waals surface area contributed by atoms with Crippen molar-refractivity contribution in [3.8, 4) is 0 Å². The zero-order valence-electron chi connectivity index (χ0n) is 5.91. The van der Waals surface area contributed by atoms with E-state index in [1.54, 1.807) is 19.1 Å². The summed E-state index contributed by atoms with van der Waals surface area (Å²) < 4.78 is 0. The minimum absolute atomic E-state index is 0.257. The first-order chi connectivity index (χ1) is 4.12. The van der Waals surface area contributed by atoms with Crippen LogP contribution in [-0.2, 0) is 0 Å². The van der Waals surface area contributed by atoms with E-state index in [1.165, 1.54) is 0 Å². The number of quaternary nitrogens is 1. The van der Waals surface area contributed by atoms with E-state index in [2.05, 4.69) is 0 Å².